The first-order valence-corrected chi connectivity index (χ1v) is 13.3. The number of halogens is 1. The lowest BCUT2D eigenvalue weighted by atomic mass is 10.0. The van der Waals surface area contributed by atoms with Crippen LogP contribution in [0.2, 0.25) is 0 Å². The molecule has 0 bridgehead atoms. The standard InChI is InChI=1S/C27H55N.ClH/c1-4-7-8-9-10-11-12-13-14-15-16-17-18-19-20-21-22-23-24-25-26-27-28(5-2)6-3;/h25-26H,4-24,27H2,1-3H3;1H. The highest BCUT2D eigenvalue weighted by atomic mass is 35.5. The van der Waals surface area contributed by atoms with Gasteiger partial charge in [0, 0.05) is 0 Å². The van der Waals surface area contributed by atoms with Crippen LogP contribution in [0.5, 0.6) is 0 Å². The Morgan fingerprint density at radius 1 is 0.448 bits per heavy atom. The number of likely N-dealkylation sites (N-methyl/N-ethyl adjacent to an activating group) is 1. The van der Waals surface area contributed by atoms with Crippen molar-refractivity contribution >= 4 is 0 Å². The van der Waals surface area contributed by atoms with Gasteiger partial charge in [-0.05, 0) is 32.8 Å². The monoisotopic (exact) mass is 429 g/mol. The van der Waals surface area contributed by atoms with Gasteiger partial charge in [-0.3, -0.25) is 0 Å². The molecule has 0 fully saturated rings. The van der Waals surface area contributed by atoms with Crippen LogP contribution in [0.15, 0.2) is 12.2 Å². The highest BCUT2D eigenvalue weighted by Crippen LogP contribution is 2.14. The molecule has 1 N–H and O–H groups in total. The van der Waals surface area contributed by atoms with E-state index in [2.05, 4.69) is 32.9 Å². The molecule has 0 saturated heterocycles. The van der Waals surface area contributed by atoms with Crippen LogP contribution >= 0.6 is 0 Å². The molecule has 0 spiro atoms. The summed E-state index contributed by atoms with van der Waals surface area (Å²) in [7, 11) is 0. The van der Waals surface area contributed by atoms with Crippen LogP contribution in [0.4, 0.5) is 0 Å². The molecule has 29 heavy (non-hydrogen) atoms. The van der Waals surface area contributed by atoms with E-state index >= 15 is 0 Å². The maximum atomic E-state index is 2.41. The molecule has 176 valence electrons. The Morgan fingerprint density at radius 2 is 0.793 bits per heavy atom. The van der Waals surface area contributed by atoms with E-state index in [0.29, 0.717) is 0 Å². The highest BCUT2D eigenvalue weighted by Gasteiger charge is 1.97. The predicted molar refractivity (Wildman–Crippen MR) is 129 cm³/mol. The summed E-state index contributed by atoms with van der Waals surface area (Å²) in [5.41, 5.74) is 0. The topological polar surface area (TPSA) is 4.44 Å². The maximum Gasteiger partial charge on any atom is 0.0957 e. The van der Waals surface area contributed by atoms with Crippen molar-refractivity contribution in [2.45, 2.75) is 143 Å². The lowest BCUT2D eigenvalue weighted by molar-refractivity contribution is -0.890. The fourth-order valence-electron chi connectivity index (χ4n) is 4.07. The first kappa shape index (κ1) is 31.2. The molecule has 0 unspecified atom stereocenters. The van der Waals surface area contributed by atoms with Gasteiger partial charge >= 0.3 is 0 Å². The maximum absolute atomic E-state index is 2.41. The first-order valence-electron chi connectivity index (χ1n) is 13.3. The molecule has 0 saturated carbocycles. The van der Waals surface area contributed by atoms with Crippen molar-refractivity contribution in [1.82, 2.24) is 0 Å². The first-order chi connectivity index (χ1) is 13.8. The fraction of sp³-hybridized carbons (Fsp3) is 0.926. The lowest BCUT2D eigenvalue weighted by Gasteiger charge is -2.12. The van der Waals surface area contributed by atoms with Crippen LogP contribution in [0, 0.1) is 0 Å². The van der Waals surface area contributed by atoms with Gasteiger partial charge in [-0.15, -0.1) is 0 Å². The predicted octanol–water partition coefficient (Wildman–Crippen LogP) is 4.90. The number of unbranched alkanes of at least 4 members (excludes halogenated alkanes) is 18. The van der Waals surface area contributed by atoms with Crippen LogP contribution in [0.1, 0.15) is 143 Å². The normalized spacial score (nSPS) is 11.4. The molecule has 2 heteroatoms. The molecule has 0 radical (unpaired) electrons. The second kappa shape index (κ2) is 28.0. The van der Waals surface area contributed by atoms with Crippen molar-refractivity contribution in [2.75, 3.05) is 19.6 Å². The van der Waals surface area contributed by atoms with Gasteiger partial charge in [0.1, 0.15) is 0 Å². The summed E-state index contributed by atoms with van der Waals surface area (Å²) in [6.07, 6.45) is 32.4. The summed E-state index contributed by atoms with van der Waals surface area (Å²) < 4.78 is 0. The van der Waals surface area contributed by atoms with Crippen LogP contribution in [-0.2, 0) is 0 Å². The van der Waals surface area contributed by atoms with E-state index < -0.39 is 0 Å². The van der Waals surface area contributed by atoms with E-state index in [0.717, 1.165) is 0 Å². The second-order valence-electron chi connectivity index (χ2n) is 8.93. The Labute approximate surface area is 191 Å². The second-order valence-corrected chi connectivity index (χ2v) is 8.93. The molecule has 0 rings (SSSR count). The number of allylic oxidation sites excluding steroid dienone is 1. The molecule has 0 aliphatic carbocycles. The minimum atomic E-state index is 0. The van der Waals surface area contributed by atoms with E-state index in [1.54, 1.807) is 4.90 Å². The number of rotatable bonds is 23. The van der Waals surface area contributed by atoms with Crippen LogP contribution in [-0.4, -0.2) is 19.6 Å². The van der Waals surface area contributed by atoms with E-state index in [9.17, 15) is 0 Å². The van der Waals surface area contributed by atoms with Gasteiger partial charge in [0.15, 0.2) is 0 Å². The summed E-state index contributed by atoms with van der Waals surface area (Å²) >= 11 is 0. The third-order valence-corrected chi connectivity index (χ3v) is 6.30. The van der Waals surface area contributed by atoms with Crippen LogP contribution in [0.3, 0.4) is 0 Å². The van der Waals surface area contributed by atoms with Gasteiger partial charge in [0.25, 0.3) is 0 Å². The summed E-state index contributed by atoms with van der Waals surface area (Å²) in [6.45, 7) is 10.6. The van der Waals surface area contributed by atoms with Crippen LogP contribution < -0.4 is 17.3 Å². The molecule has 0 aliphatic heterocycles. The summed E-state index contributed by atoms with van der Waals surface area (Å²) in [6, 6.07) is 0. The summed E-state index contributed by atoms with van der Waals surface area (Å²) in [5.74, 6) is 0. The van der Waals surface area contributed by atoms with Crippen molar-refractivity contribution in [3.63, 3.8) is 0 Å². The van der Waals surface area contributed by atoms with E-state index in [1.165, 1.54) is 142 Å². The molecular weight excluding hydrogens is 374 g/mol. The Bertz CT molecular complexity index is 299. The number of quaternary nitrogens is 1. The Morgan fingerprint density at radius 3 is 1.14 bits per heavy atom. The van der Waals surface area contributed by atoms with Crippen molar-refractivity contribution in [1.29, 1.82) is 0 Å². The van der Waals surface area contributed by atoms with Crippen molar-refractivity contribution in [3.8, 4) is 0 Å². The smallest absolute Gasteiger partial charge is 0.0957 e. The number of hydrogen-bond acceptors (Lipinski definition) is 0. The third-order valence-electron chi connectivity index (χ3n) is 6.30. The molecular formula is C27H56ClN. The largest absolute Gasteiger partial charge is 1.00 e. The Hall–Kier alpha value is -0.0100. The highest BCUT2D eigenvalue weighted by molar-refractivity contribution is 4.80. The zero-order valence-corrected chi connectivity index (χ0v) is 21.3. The van der Waals surface area contributed by atoms with Crippen molar-refractivity contribution in [2.24, 2.45) is 0 Å². The average Bonchev–Trinajstić information content (AvgIpc) is 2.72. The van der Waals surface area contributed by atoms with Gasteiger partial charge in [0.2, 0.25) is 0 Å². The van der Waals surface area contributed by atoms with Crippen molar-refractivity contribution < 1.29 is 17.3 Å². The molecule has 0 aromatic carbocycles. The summed E-state index contributed by atoms with van der Waals surface area (Å²) in [4.78, 5) is 1.69. The molecule has 0 aliphatic rings. The molecule has 0 amide bonds. The van der Waals surface area contributed by atoms with Gasteiger partial charge in [0.05, 0.1) is 19.6 Å². The quantitative estimate of drug-likeness (QED) is 0.174. The number of hydrogen-bond donors (Lipinski definition) is 1. The van der Waals surface area contributed by atoms with E-state index in [-0.39, 0.29) is 12.4 Å². The van der Waals surface area contributed by atoms with Gasteiger partial charge in [-0.1, -0.05) is 122 Å². The Kier molecular flexibility index (Phi) is 30.1. The minimum absolute atomic E-state index is 0. The van der Waals surface area contributed by atoms with Gasteiger partial charge in [-0.2, -0.15) is 0 Å². The average molecular weight is 430 g/mol. The molecule has 0 atom stereocenters. The fourth-order valence-corrected chi connectivity index (χ4v) is 4.07. The van der Waals surface area contributed by atoms with E-state index in [4.69, 9.17) is 0 Å². The minimum Gasteiger partial charge on any atom is -1.00 e. The molecule has 0 aromatic rings. The van der Waals surface area contributed by atoms with Crippen LogP contribution in [0.25, 0.3) is 0 Å². The van der Waals surface area contributed by atoms with Gasteiger partial charge in [-0.25, -0.2) is 0 Å². The third kappa shape index (κ3) is 26.0. The number of nitrogens with one attached hydrogen (secondary N) is 1. The molecule has 1 nitrogen and oxygen atoms in total. The van der Waals surface area contributed by atoms with Gasteiger partial charge < -0.3 is 17.3 Å². The zero-order chi connectivity index (χ0) is 20.5. The lowest BCUT2D eigenvalue weighted by Crippen LogP contribution is -3.11. The summed E-state index contributed by atoms with van der Waals surface area (Å²) in [5, 5.41) is 0. The zero-order valence-electron chi connectivity index (χ0n) is 20.6. The molecule has 0 heterocycles. The van der Waals surface area contributed by atoms with E-state index in [1.807, 2.05) is 0 Å². The molecule has 0 aromatic heterocycles. The Balaban J connectivity index is 0. The SMILES string of the molecule is CCCCCCCCCCCCCCCCCCCCC=CC[NH+](CC)CC.[Cl-]. The van der Waals surface area contributed by atoms with Crippen molar-refractivity contribution in [3.05, 3.63) is 12.2 Å².